The van der Waals surface area contributed by atoms with Crippen molar-refractivity contribution in [1.82, 2.24) is 20.2 Å². The highest BCUT2D eigenvalue weighted by Crippen LogP contribution is 2.28. The smallest absolute Gasteiger partial charge is 0.328 e. The van der Waals surface area contributed by atoms with Crippen molar-refractivity contribution < 1.29 is 23.9 Å². The molecule has 0 radical (unpaired) electrons. The highest BCUT2D eigenvalue weighted by atomic mass is 32.2. The third kappa shape index (κ3) is 8.33. The lowest BCUT2D eigenvalue weighted by molar-refractivity contribution is -0.148. The number of thioether (sulfide) groups is 1. The molecule has 9 nitrogen and oxygen atoms in total. The summed E-state index contributed by atoms with van der Waals surface area (Å²) in [4.78, 5) is 47.6. The number of ether oxygens (including phenoxy) is 2. The number of H-pyrrole nitrogens is 1. The number of carbonyl (C=O) groups excluding carboxylic acids is 3. The number of benzene rings is 1. The van der Waals surface area contributed by atoms with Crippen LogP contribution < -0.4 is 5.32 Å². The second kappa shape index (κ2) is 14.8. The van der Waals surface area contributed by atoms with Gasteiger partial charge in [0.1, 0.15) is 12.1 Å². The summed E-state index contributed by atoms with van der Waals surface area (Å²) >= 11 is 1.60. The Morgan fingerprint density at radius 3 is 2.70 bits per heavy atom. The van der Waals surface area contributed by atoms with Crippen LogP contribution in [-0.4, -0.2) is 83.1 Å². The van der Waals surface area contributed by atoms with Gasteiger partial charge in [-0.2, -0.15) is 11.8 Å². The minimum Gasteiger partial charge on any atom is -0.467 e. The minimum atomic E-state index is -0.813. The number of hydrogen-bond donors (Lipinski definition) is 2. The van der Waals surface area contributed by atoms with Crippen molar-refractivity contribution >= 4 is 29.5 Å². The average Bonchev–Trinajstić information content (AvgIpc) is 3.58. The Hall–Kier alpha value is -2.85. The van der Waals surface area contributed by atoms with E-state index in [1.807, 2.05) is 41.5 Å². The van der Waals surface area contributed by atoms with Crippen molar-refractivity contribution in [2.24, 2.45) is 5.92 Å². The monoisotopic (exact) mass is 530 g/mol. The summed E-state index contributed by atoms with van der Waals surface area (Å²) in [6, 6.07) is 8.77. The molecule has 0 bridgehead atoms. The fraction of sp³-hybridized carbons (Fsp3) is 0.556. The van der Waals surface area contributed by atoms with E-state index in [0.717, 1.165) is 24.1 Å². The lowest BCUT2D eigenvalue weighted by Gasteiger charge is -2.30. The lowest BCUT2D eigenvalue weighted by Crippen LogP contribution is -2.49. The van der Waals surface area contributed by atoms with Gasteiger partial charge in [0.25, 0.3) is 0 Å². The van der Waals surface area contributed by atoms with E-state index in [0.29, 0.717) is 25.1 Å². The predicted molar refractivity (Wildman–Crippen MR) is 143 cm³/mol. The van der Waals surface area contributed by atoms with Crippen molar-refractivity contribution in [2.75, 3.05) is 32.3 Å². The molecule has 37 heavy (non-hydrogen) atoms. The zero-order valence-corrected chi connectivity index (χ0v) is 22.7. The standard InChI is InChI=1S/C27H38N4O5S/c1-4-20-10-12-31(25(32)15-21-16-28-18-29-21)23(20)17-36-24(14-19-8-6-5-7-9-19)26(33)30-22(11-13-37-3)27(34)35-2/h5-9,16,18,20,22-24H,4,10-15,17H2,1-3H3,(H,28,29)(H,30,33)/t20-,22-,23?,24-/m0/s1. The molecule has 10 heteroatoms. The Bertz CT molecular complexity index is 988. The number of nitrogens with zero attached hydrogens (tertiary/aromatic N) is 2. The summed E-state index contributed by atoms with van der Waals surface area (Å²) in [6.07, 6.45) is 7.24. The Morgan fingerprint density at radius 2 is 2.05 bits per heavy atom. The largest absolute Gasteiger partial charge is 0.467 e. The molecule has 1 aliphatic heterocycles. The Labute approximate surface area is 223 Å². The second-order valence-electron chi connectivity index (χ2n) is 9.24. The molecule has 2 aromatic rings. The molecule has 0 saturated carbocycles. The van der Waals surface area contributed by atoms with Crippen LogP contribution in [0.5, 0.6) is 0 Å². The van der Waals surface area contributed by atoms with Gasteiger partial charge < -0.3 is 24.7 Å². The molecule has 2 N–H and O–H groups in total. The first-order valence-electron chi connectivity index (χ1n) is 12.8. The van der Waals surface area contributed by atoms with Crippen LogP contribution in [-0.2, 0) is 36.7 Å². The van der Waals surface area contributed by atoms with E-state index in [2.05, 4.69) is 22.2 Å². The molecule has 1 fully saturated rings. The van der Waals surface area contributed by atoms with E-state index in [1.54, 1.807) is 24.3 Å². The van der Waals surface area contributed by atoms with Crippen molar-refractivity contribution in [3.8, 4) is 0 Å². The number of carbonyl (C=O) groups is 3. The van der Waals surface area contributed by atoms with Gasteiger partial charge in [-0.15, -0.1) is 0 Å². The maximum atomic E-state index is 13.4. The molecule has 2 heterocycles. The number of esters is 1. The van der Waals surface area contributed by atoms with E-state index >= 15 is 0 Å². The Balaban J connectivity index is 1.73. The molecule has 1 aromatic heterocycles. The SMILES string of the molecule is CC[C@H]1CCN(C(=O)Cc2cnc[nH]2)C1CO[C@@H](Cc1ccccc1)C(=O)N[C@@H](CCSC)C(=O)OC. The molecule has 4 atom stereocenters. The fourth-order valence-corrected chi connectivity index (χ4v) is 5.21. The zero-order chi connectivity index (χ0) is 26.6. The summed E-state index contributed by atoms with van der Waals surface area (Å²) < 4.78 is 11.2. The van der Waals surface area contributed by atoms with E-state index in [1.165, 1.54) is 7.11 Å². The summed E-state index contributed by atoms with van der Waals surface area (Å²) in [5.74, 6) is 0.175. The summed E-state index contributed by atoms with van der Waals surface area (Å²) in [7, 11) is 1.32. The third-order valence-corrected chi connectivity index (χ3v) is 7.51. The molecule has 0 aliphatic carbocycles. The van der Waals surface area contributed by atoms with E-state index in [4.69, 9.17) is 9.47 Å². The van der Waals surface area contributed by atoms with Crippen molar-refractivity contribution in [2.45, 2.75) is 57.2 Å². The van der Waals surface area contributed by atoms with Gasteiger partial charge in [-0.3, -0.25) is 9.59 Å². The number of aromatic amines is 1. The van der Waals surface area contributed by atoms with Gasteiger partial charge in [-0.05, 0) is 36.3 Å². The first-order chi connectivity index (χ1) is 18.0. The van der Waals surface area contributed by atoms with Crippen LogP contribution in [0.1, 0.15) is 37.4 Å². The molecule has 1 unspecified atom stereocenters. The number of aromatic nitrogens is 2. The first kappa shape index (κ1) is 28.7. The summed E-state index contributed by atoms with van der Waals surface area (Å²) in [5.41, 5.74) is 1.72. The molecule has 1 saturated heterocycles. The van der Waals surface area contributed by atoms with Crippen LogP contribution in [0.25, 0.3) is 0 Å². The normalized spacial score (nSPS) is 18.8. The molecule has 1 aromatic carbocycles. The van der Waals surface area contributed by atoms with Crippen LogP contribution in [0.3, 0.4) is 0 Å². The number of amides is 2. The molecule has 0 spiro atoms. The number of imidazole rings is 1. The Morgan fingerprint density at radius 1 is 1.27 bits per heavy atom. The van der Waals surface area contributed by atoms with Crippen molar-refractivity contribution in [3.05, 3.63) is 54.1 Å². The first-order valence-corrected chi connectivity index (χ1v) is 14.2. The topological polar surface area (TPSA) is 114 Å². The highest BCUT2D eigenvalue weighted by molar-refractivity contribution is 7.98. The molecule has 202 valence electrons. The van der Waals surface area contributed by atoms with Crippen molar-refractivity contribution in [1.29, 1.82) is 0 Å². The minimum absolute atomic E-state index is 0.0145. The maximum Gasteiger partial charge on any atom is 0.328 e. The van der Waals surface area contributed by atoms with Crippen LogP contribution in [0.2, 0.25) is 0 Å². The van der Waals surface area contributed by atoms with Gasteiger partial charge in [0.05, 0.1) is 32.5 Å². The van der Waals surface area contributed by atoms with E-state index in [-0.39, 0.29) is 36.8 Å². The van der Waals surface area contributed by atoms with Gasteiger partial charge in [-0.25, -0.2) is 9.78 Å². The predicted octanol–water partition coefficient (Wildman–Crippen LogP) is 2.62. The lowest BCUT2D eigenvalue weighted by atomic mass is 9.98. The van der Waals surface area contributed by atoms with Crippen molar-refractivity contribution in [3.63, 3.8) is 0 Å². The summed E-state index contributed by atoms with van der Waals surface area (Å²) in [6.45, 7) is 3.02. The quantitative estimate of drug-likeness (QED) is 0.361. The number of rotatable bonds is 14. The van der Waals surface area contributed by atoms with E-state index < -0.39 is 18.1 Å². The third-order valence-electron chi connectivity index (χ3n) is 6.86. The highest BCUT2D eigenvalue weighted by Gasteiger charge is 2.37. The molecular weight excluding hydrogens is 492 g/mol. The summed E-state index contributed by atoms with van der Waals surface area (Å²) in [5, 5.41) is 2.84. The van der Waals surface area contributed by atoms with E-state index in [9.17, 15) is 14.4 Å². The average molecular weight is 531 g/mol. The second-order valence-corrected chi connectivity index (χ2v) is 10.2. The van der Waals surface area contributed by atoms with Gasteiger partial charge in [-0.1, -0.05) is 43.7 Å². The number of nitrogens with one attached hydrogen (secondary N) is 2. The Kier molecular flexibility index (Phi) is 11.5. The van der Waals surface area contributed by atoms with Crippen LogP contribution in [0.15, 0.2) is 42.9 Å². The molecule has 2 amide bonds. The number of likely N-dealkylation sites (tertiary alicyclic amines) is 1. The fourth-order valence-electron chi connectivity index (χ4n) is 4.74. The van der Waals surface area contributed by atoms with Crippen LogP contribution >= 0.6 is 11.8 Å². The van der Waals surface area contributed by atoms with Gasteiger partial charge in [0.15, 0.2) is 0 Å². The van der Waals surface area contributed by atoms with Crippen LogP contribution in [0, 0.1) is 5.92 Å². The maximum absolute atomic E-state index is 13.4. The molecule has 1 aliphatic rings. The molecular formula is C27H38N4O5S. The van der Waals surface area contributed by atoms with Gasteiger partial charge in [0.2, 0.25) is 11.8 Å². The number of hydrogen-bond acceptors (Lipinski definition) is 7. The zero-order valence-electron chi connectivity index (χ0n) is 21.9. The number of methoxy groups -OCH3 is 1. The van der Waals surface area contributed by atoms with Gasteiger partial charge >= 0.3 is 5.97 Å². The van der Waals surface area contributed by atoms with Crippen LogP contribution in [0.4, 0.5) is 0 Å². The molecule has 3 rings (SSSR count). The van der Waals surface area contributed by atoms with Gasteiger partial charge in [0, 0.05) is 24.9 Å².